The lowest BCUT2D eigenvalue weighted by Gasteiger charge is -2.33. The van der Waals surface area contributed by atoms with Gasteiger partial charge < -0.3 is 27.1 Å². The number of rotatable bonds is 18. The van der Waals surface area contributed by atoms with Crippen molar-refractivity contribution in [3.63, 3.8) is 0 Å². The first-order valence-electron chi connectivity index (χ1n) is 18.3. The van der Waals surface area contributed by atoms with Gasteiger partial charge in [0.1, 0.15) is 34.5 Å². The van der Waals surface area contributed by atoms with E-state index in [1.54, 1.807) is 0 Å². The third-order valence-electron chi connectivity index (χ3n) is 8.51. The van der Waals surface area contributed by atoms with Crippen molar-refractivity contribution >= 4 is 124 Å². The molecule has 0 amide bonds. The van der Waals surface area contributed by atoms with Crippen LogP contribution in [-0.4, -0.2) is 31.5 Å². The molecular formula is C42H24Cl6N3O12P3. The Labute approximate surface area is 404 Å². The summed E-state index contributed by atoms with van der Waals surface area (Å²) >= 11 is 34.6. The summed E-state index contributed by atoms with van der Waals surface area (Å²) in [5, 5.41) is -4.62. The number of hydrogen-bond donors (Lipinski definition) is 0. The highest BCUT2D eigenvalue weighted by Gasteiger charge is 2.49. The Bertz CT molecular complexity index is 2530. The summed E-state index contributed by atoms with van der Waals surface area (Å²) in [7, 11) is -13.8. The highest BCUT2D eigenvalue weighted by atomic mass is 35.5. The summed E-state index contributed by atoms with van der Waals surface area (Å²) in [6, 6.07) is 32.9. The zero-order valence-corrected chi connectivity index (χ0v) is 39.9. The predicted octanol–water partition coefficient (Wildman–Crippen LogP) is 14.6. The topological polar surface area (TPSA) is 195 Å². The standard InChI is InChI=1S/C42H24Cl6N3O12P3/c43-37(52)25-1-13-31(14-2-25)58-64(59-32-15-3-26(4-16-32)38(44)53)49-65(60-33-17-5-27(6-18-33)39(45)54,61-34-19-7-28(8-20-34)40(46)55)51-66(50-64,62-35-21-9-29(10-22-35)41(47)56)63-36-23-11-30(12-24-36)42(48)57/h1-24H. The van der Waals surface area contributed by atoms with Crippen molar-refractivity contribution in [2.24, 2.45) is 13.5 Å². The number of hydrogen-bond acceptors (Lipinski definition) is 15. The van der Waals surface area contributed by atoms with Crippen LogP contribution in [0.15, 0.2) is 159 Å². The minimum absolute atomic E-state index is 0.00642. The van der Waals surface area contributed by atoms with Gasteiger partial charge in [-0.2, -0.15) is 0 Å². The molecule has 66 heavy (non-hydrogen) atoms. The Morgan fingerprint density at radius 1 is 0.258 bits per heavy atom. The first-order chi connectivity index (χ1) is 31.4. The molecule has 0 aromatic heterocycles. The van der Waals surface area contributed by atoms with Crippen molar-refractivity contribution in [3.05, 3.63) is 179 Å². The normalized spacial score (nSPS) is 14.1. The van der Waals surface area contributed by atoms with Crippen molar-refractivity contribution in [1.29, 1.82) is 0 Å². The highest BCUT2D eigenvalue weighted by Crippen LogP contribution is 2.78. The molecule has 1 aliphatic rings. The number of benzene rings is 6. The van der Waals surface area contributed by atoms with E-state index in [-0.39, 0.29) is 67.9 Å². The summed E-state index contributed by atoms with van der Waals surface area (Å²) in [4.78, 5) is 72.5. The molecule has 0 saturated heterocycles. The summed E-state index contributed by atoms with van der Waals surface area (Å²) in [6.45, 7) is 0. The zero-order valence-electron chi connectivity index (χ0n) is 32.7. The molecule has 0 fully saturated rings. The Balaban J connectivity index is 1.58. The second-order valence-corrected chi connectivity index (χ2v) is 21.3. The second kappa shape index (κ2) is 20.6. The van der Waals surface area contributed by atoms with Crippen LogP contribution in [0.1, 0.15) is 62.1 Å². The van der Waals surface area contributed by atoms with Crippen LogP contribution in [0.4, 0.5) is 0 Å². The van der Waals surface area contributed by atoms with Crippen molar-refractivity contribution in [2.75, 3.05) is 0 Å². The van der Waals surface area contributed by atoms with Gasteiger partial charge in [-0.15, -0.1) is 0 Å². The van der Waals surface area contributed by atoms with Crippen LogP contribution in [0, 0.1) is 0 Å². The second-order valence-electron chi connectivity index (χ2n) is 13.1. The molecular weight excluding hydrogens is 1040 g/mol. The summed E-state index contributed by atoms with van der Waals surface area (Å²) in [5.41, 5.74) is 0.604. The van der Waals surface area contributed by atoms with Crippen molar-refractivity contribution < 1.29 is 55.9 Å². The number of nitrogens with zero attached hydrogens (tertiary/aromatic N) is 3. The third kappa shape index (κ3) is 12.1. The summed E-state index contributed by atoms with van der Waals surface area (Å²) < 4.78 is 54.9. The van der Waals surface area contributed by atoms with Crippen molar-refractivity contribution in [1.82, 2.24) is 0 Å². The first-order valence-corrected chi connectivity index (χ1v) is 25.2. The van der Waals surface area contributed by atoms with E-state index in [0.29, 0.717) is 0 Å². The van der Waals surface area contributed by atoms with Crippen LogP contribution in [0.3, 0.4) is 0 Å². The van der Waals surface area contributed by atoms with Crippen LogP contribution >= 0.6 is 92.6 Å². The SMILES string of the molecule is O=C(Cl)c1ccc(OP2(Oc3ccc(C(=O)Cl)cc3)=NP(Oc3ccc(C(=O)Cl)cc3)(Oc3ccc(C(=O)Cl)cc3)=NP(Oc3ccc(C(=O)Cl)cc3)(Oc3ccc(C(=O)Cl)cc3)=N2)cc1. The average Bonchev–Trinajstić information content (AvgIpc) is 3.27. The predicted molar refractivity (Wildman–Crippen MR) is 252 cm³/mol. The van der Waals surface area contributed by atoms with E-state index >= 15 is 0 Å². The van der Waals surface area contributed by atoms with Crippen LogP contribution < -0.4 is 27.1 Å². The van der Waals surface area contributed by atoms with Gasteiger partial charge in [0.25, 0.3) is 31.5 Å². The number of carbonyl (C=O) groups is 6. The Hall–Kier alpha value is -5.43. The van der Waals surface area contributed by atoms with Crippen LogP contribution in [0.25, 0.3) is 0 Å². The Kier molecular flexibility index (Phi) is 15.1. The maximum atomic E-state index is 12.1. The van der Waals surface area contributed by atoms with Gasteiger partial charge >= 0.3 is 23.0 Å². The van der Waals surface area contributed by atoms with Gasteiger partial charge in [0, 0.05) is 33.4 Å². The number of halogens is 6. The fourth-order valence-electron chi connectivity index (χ4n) is 5.46. The molecule has 0 atom stereocenters. The van der Waals surface area contributed by atoms with Crippen LogP contribution in [-0.2, 0) is 0 Å². The molecule has 0 unspecified atom stereocenters. The first kappa shape index (κ1) is 48.5. The largest absolute Gasteiger partial charge is 0.460 e. The Morgan fingerprint density at radius 3 is 0.485 bits per heavy atom. The third-order valence-corrected chi connectivity index (χ3v) is 17.9. The molecule has 6 aromatic rings. The molecule has 0 aliphatic carbocycles. The maximum Gasteiger partial charge on any atom is 0.460 e. The average molecular weight is 1070 g/mol. The molecule has 7 rings (SSSR count). The highest BCUT2D eigenvalue weighted by molar-refractivity contribution is 7.79. The van der Waals surface area contributed by atoms with E-state index in [4.69, 9.17) is 110 Å². The van der Waals surface area contributed by atoms with E-state index in [1.807, 2.05) is 0 Å². The summed E-state index contributed by atoms with van der Waals surface area (Å²) in [5.74, 6) is -0.0385. The van der Waals surface area contributed by atoms with Gasteiger partial charge in [-0.3, -0.25) is 28.8 Å². The molecule has 0 N–H and O–H groups in total. The molecule has 6 aromatic carbocycles. The minimum atomic E-state index is -4.59. The van der Waals surface area contributed by atoms with Gasteiger partial charge in [0.2, 0.25) is 0 Å². The van der Waals surface area contributed by atoms with Crippen LogP contribution in [0.2, 0.25) is 0 Å². The summed E-state index contributed by atoms with van der Waals surface area (Å²) in [6.07, 6.45) is 0. The lowest BCUT2D eigenvalue weighted by atomic mass is 10.2. The van der Waals surface area contributed by atoms with Gasteiger partial charge in [-0.05, 0) is 215 Å². The smallest absolute Gasteiger partial charge is 0.413 e. The van der Waals surface area contributed by atoms with Gasteiger partial charge in [0.05, 0.1) is 0 Å². The molecule has 1 heterocycles. The molecule has 15 nitrogen and oxygen atoms in total. The maximum absolute atomic E-state index is 12.1. The van der Waals surface area contributed by atoms with E-state index in [9.17, 15) is 28.8 Å². The monoisotopic (exact) mass is 1060 g/mol. The molecule has 0 radical (unpaired) electrons. The molecule has 1 aliphatic heterocycles. The molecule has 0 spiro atoms. The zero-order chi connectivity index (χ0) is 47.2. The lowest BCUT2D eigenvalue weighted by molar-refractivity contribution is 0.107. The minimum Gasteiger partial charge on any atom is -0.413 e. The Morgan fingerprint density at radius 2 is 0.379 bits per heavy atom. The van der Waals surface area contributed by atoms with Crippen molar-refractivity contribution in [3.8, 4) is 34.5 Å². The van der Waals surface area contributed by atoms with Crippen LogP contribution in [0.5, 0.6) is 34.5 Å². The van der Waals surface area contributed by atoms with Gasteiger partial charge in [0.15, 0.2) is 0 Å². The van der Waals surface area contributed by atoms with Gasteiger partial charge in [-0.1, -0.05) is 13.5 Å². The molecule has 0 bridgehead atoms. The van der Waals surface area contributed by atoms with E-state index < -0.39 is 54.4 Å². The van der Waals surface area contributed by atoms with E-state index in [1.165, 1.54) is 146 Å². The molecule has 0 saturated carbocycles. The van der Waals surface area contributed by atoms with E-state index in [2.05, 4.69) is 0 Å². The quantitative estimate of drug-likeness (QED) is 0.0584. The van der Waals surface area contributed by atoms with E-state index in [0.717, 1.165) is 0 Å². The number of carbonyl (C=O) groups excluding carboxylic acids is 6. The van der Waals surface area contributed by atoms with Gasteiger partial charge in [-0.25, -0.2) is 0 Å². The fourth-order valence-corrected chi connectivity index (χ4v) is 15.3. The molecule has 336 valence electrons. The van der Waals surface area contributed by atoms with Crippen molar-refractivity contribution in [2.45, 2.75) is 0 Å². The lowest BCUT2D eigenvalue weighted by Crippen LogP contribution is -2.11. The molecule has 24 heteroatoms. The fraction of sp³-hybridized carbons (Fsp3) is 0.